The Labute approximate surface area is 113 Å². The SMILES string of the molecule is COC(=O)CSC1=NS(=O)(=O)c2cc(F)ccc2N1. The predicted molar refractivity (Wildman–Crippen MR) is 69.1 cm³/mol. The second-order valence-corrected chi connectivity index (χ2v) is 6.04. The maximum absolute atomic E-state index is 13.0. The maximum atomic E-state index is 13.0. The lowest BCUT2D eigenvalue weighted by Gasteiger charge is -2.17. The Morgan fingerprint density at radius 3 is 2.95 bits per heavy atom. The highest BCUT2D eigenvalue weighted by Crippen LogP contribution is 2.29. The molecule has 19 heavy (non-hydrogen) atoms. The van der Waals surface area contributed by atoms with Gasteiger partial charge in [-0.3, -0.25) is 4.79 Å². The molecule has 102 valence electrons. The summed E-state index contributed by atoms with van der Waals surface area (Å²) in [4.78, 5) is 10.8. The van der Waals surface area contributed by atoms with E-state index in [1.807, 2.05) is 0 Å². The molecule has 1 N–H and O–H groups in total. The number of carbonyl (C=O) groups is 1. The van der Waals surface area contributed by atoms with E-state index in [9.17, 15) is 17.6 Å². The fraction of sp³-hybridized carbons (Fsp3) is 0.200. The van der Waals surface area contributed by atoms with Crippen molar-refractivity contribution in [3.8, 4) is 0 Å². The highest BCUT2D eigenvalue weighted by atomic mass is 32.2. The number of anilines is 1. The fourth-order valence-corrected chi connectivity index (χ4v) is 3.44. The second kappa shape index (κ2) is 5.17. The molecule has 0 saturated carbocycles. The van der Waals surface area contributed by atoms with Crippen LogP contribution in [0, 0.1) is 5.82 Å². The van der Waals surface area contributed by atoms with Crippen LogP contribution in [0.25, 0.3) is 0 Å². The minimum Gasteiger partial charge on any atom is -0.468 e. The molecule has 2 rings (SSSR count). The molecule has 6 nitrogen and oxygen atoms in total. The summed E-state index contributed by atoms with van der Waals surface area (Å²) in [5.74, 6) is -1.24. The average Bonchev–Trinajstić information content (AvgIpc) is 2.36. The zero-order chi connectivity index (χ0) is 14.0. The molecule has 1 aromatic carbocycles. The van der Waals surface area contributed by atoms with Crippen molar-refractivity contribution in [2.24, 2.45) is 4.40 Å². The molecule has 0 bridgehead atoms. The summed E-state index contributed by atoms with van der Waals surface area (Å²) in [6, 6.07) is 3.33. The van der Waals surface area contributed by atoms with E-state index in [4.69, 9.17) is 0 Å². The van der Waals surface area contributed by atoms with Crippen LogP contribution in [0.2, 0.25) is 0 Å². The number of esters is 1. The lowest BCUT2D eigenvalue weighted by Crippen LogP contribution is -2.20. The number of benzene rings is 1. The zero-order valence-corrected chi connectivity index (χ0v) is 11.3. The van der Waals surface area contributed by atoms with Gasteiger partial charge in [-0.05, 0) is 18.2 Å². The van der Waals surface area contributed by atoms with Gasteiger partial charge in [0.25, 0.3) is 10.0 Å². The van der Waals surface area contributed by atoms with Crippen LogP contribution < -0.4 is 5.32 Å². The Hall–Kier alpha value is -1.61. The van der Waals surface area contributed by atoms with Gasteiger partial charge in [-0.1, -0.05) is 11.8 Å². The largest absolute Gasteiger partial charge is 0.468 e. The van der Waals surface area contributed by atoms with Gasteiger partial charge >= 0.3 is 5.97 Å². The lowest BCUT2D eigenvalue weighted by atomic mass is 10.3. The summed E-state index contributed by atoms with van der Waals surface area (Å²) in [5.41, 5.74) is 0.226. The van der Waals surface area contributed by atoms with Crippen molar-refractivity contribution in [1.29, 1.82) is 0 Å². The number of sulfonamides is 1. The third-order valence-corrected chi connectivity index (χ3v) is 4.50. The third-order valence-electron chi connectivity index (χ3n) is 2.22. The first-order valence-corrected chi connectivity index (χ1v) is 7.46. The molecule has 1 aliphatic rings. The van der Waals surface area contributed by atoms with Gasteiger partial charge in [0.15, 0.2) is 5.17 Å². The molecule has 0 saturated heterocycles. The molecule has 0 aromatic heterocycles. The molecule has 1 aromatic rings. The van der Waals surface area contributed by atoms with Gasteiger partial charge in [0.1, 0.15) is 10.7 Å². The highest BCUT2D eigenvalue weighted by molar-refractivity contribution is 8.15. The van der Waals surface area contributed by atoms with Crippen LogP contribution in [0.5, 0.6) is 0 Å². The Morgan fingerprint density at radius 1 is 1.53 bits per heavy atom. The van der Waals surface area contributed by atoms with Crippen LogP contribution in [-0.4, -0.2) is 32.4 Å². The Bertz CT molecular complexity index is 657. The molecule has 9 heteroatoms. The van der Waals surface area contributed by atoms with E-state index in [0.717, 1.165) is 23.9 Å². The van der Waals surface area contributed by atoms with Crippen molar-refractivity contribution in [2.75, 3.05) is 18.2 Å². The summed E-state index contributed by atoms with van der Waals surface area (Å²) in [6.45, 7) is 0. The van der Waals surface area contributed by atoms with Crippen molar-refractivity contribution in [3.05, 3.63) is 24.0 Å². The Kier molecular flexibility index (Phi) is 3.76. The molecule has 0 fully saturated rings. The van der Waals surface area contributed by atoms with Crippen LogP contribution in [-0.2, 0) is 19.6 Å². The van der Waals surface area contributed by atoms with E-state index in [1.165, 1.54) is 13.2 Å². The monoisotopic (exact) mass is 304 g/mol. The Balaban J connectivity index is 2.27. The molecule has 0 amide bonds. The molecule has 0 atom stereocenters. The number of halogens is 1. The van der Waals surface area contributed by atoms with E-state index in [1.54, 1.807) is 0 Å². The summed E-state index contributed by atoms with van der Waals surface area (Å²) in [6.07, 6.45) is 0. The lowest BCUT2D eigenvalue weighted by molar-refractivity contribution is -0.137. The average molecular weight is 304 g/mol. The quantitative estimate of drug-likeness (QED) is 0.827. The molecule has 0 spiro atoms. The van der Waals surface area contributed by atoms with Gasteiger partial charge in [-0.25, -0.2) is 4.39 Å². The van der Waals surface area contributed by atoms with E-state index in [0.29, 0.717) is 0 Å². The van der Waals surface area contributed by atoms with Crippen molar-refractivity contribution in [2.45, 2.75) is 4.90 Å². The van der Waals surface area contributed by atoms with Gasteiger partial charge in [0.2, 0.25) is 0 Å². The van der Waals surface area contributed by atoms with Gasteiger partial charge < -0.3 is 10.1 Å². The van der Waals surface area contributed by atoms with Crippen molar-refractivity contribution < 1.29 is 22.3 Å². The summed E-state index contributed by atoms with van der Waals surface area (Å²) in [5, 5.41) is 2.76. The van der Waals surface area contributed by atoms with E-state index in [-0.39, 0.29) is 21.5 Å². The minimum absolute atomic E-state index is 0.0458. The number of nitrogens with one attached hydrogen (secondary N) is 1. The fourth-order valence-electron chi connectivity index (χ4n) is 1.36. The predicted octanol–water partition coefficient (Wildman–Crippen LogP) is 1.20. The van der Waals surface area contributed by atoms with Crippen LogP contribution in [0.1, 0.15) is 0 Å². The van der Waals surface area contributed by atoms with Gasteiger partial charge in [-0.2, -0.15) is 8.42 Å². The summed E-state index contributed by atoms with van der Waals surface area (Å²) < 4.78 is 44.6. The van der Waals surface area contributed by atoms with Gasteiger partial charge in [-0.15, -0.1) is 4.40 Å². The molecule has 0 radical (unpaired) electrons. The zero-order valence-electron chi connectivity index (χ0n) is 9.71. The first kappa shape index (κ1) is 13.8. The first-order valence-electron chi connectivity index (χ1n) is 5.03. The summed E-state index contributed by atoms with van der Waals surface area (Å²) >= 11 is 0.892. The number of rotatable bonds is 2. The number of nitrogens with zero attached hydrogens (tertiary/aromatic N) is 1. The first-order chi connectivity index (χ1) is 8.92. The van der Waals surface area contributed by atoms with E-state index >= 15 is 0 Å². The third kappa shape index (κ3) is 3.04. The maximum Gasteiger partial charge on any atom is 0.316 e. The Morgan fingerprint density at radius 2 is 2.26 bits per heavy atom. The van der Waals surface area contributed by atoms with Crippen LogP contribution in [0.15, 0.2) is 27.5 Å². The normalized spacial score (nSPS) is 16.0. The molecule has 0 unspecified atom stereocenters. The van der Waals surface area contributed by atoms with Gasteiger partial charge in [0, 0.05) is 0 Å². The standard InChI is InChI=1S/C10H9FN2O4S2/c1-17-9(14)5-18-10-12-7-3-2-6(11)4-8(7)19(15,16)13-10/h2-4H,5H2,1H3,(H,12,13). The minimum atomic E-state index is -3.96. The smallest absolute Gasteiger partial charge is 0.316 e. The van der Waals surface area contributed by atoms with Crippen molar-refractivity contribution >= 4 is 38.6 Å². The number of hydrogen-bond donors (Lipinski definition) is 1. The number of carbonyl (C=O) groups excluding carboxylic acids is 1. The second-order valence-electron chi connectivity index (χ2n) is 3.50. The molecular weight excluding hydrogens is 295 g/mol. The van der Waals surface area contributed by atoms with E-state index in [2.05, 4.69) is 14.5 Å². The van der Waals surface area contributed by atoms with E-state index < -0.39 is 21.8 Å². The van der Waals surface area contributed by atoms with Crippen LogP contribution in [0.4, 0.5) is 10.1 Å². The summed E-state index contributed by atoms with van der Waals surface area (Å²) in [7, 11) is -2.73. The highest BCUT2D eigenvalue weighted by Gasteiger charge is 2.26. The molecular formula is C10H9FN2O4S2. The van der Waals surface area contributed by atoms with Crippen molar-refractivity contribution in [3.63, 3.8) is 0 Å². The van der Waals surface area contributed by atoms with Crippen LogP contribution in [0.3, 0.4) is 0 Å². The van der Waals surface area contributed by atoms with Crippen molar-refractivity contribution in [1.82, 2.24) is 0 Å². The topological polar surface area (TPSA) is 84.8 Å². The van der Waals surface area contributed by atoms with Gasteiger partial charge in [0.05, 0.1) is 18.6 Å². The molecule has 0 aliphatic carbocycles. The number of thioether (sulfide) groups is 1. The number of methoxy groups -OCH3 is 1. The number of ether oxygens (including phenoxy) is 1. The number of amidine groups is 1. The number of fused-ring (bicyclic) bond motifs is 1. The number of hydrogen-bond acceptors (Lipinski definition) is 6. The molecule has 1 aliphatic heterocycles. The molecule has 1 heterocycles. The van der Waals surface area contributed by atoms with Crippen LogP contribution >= 0.6 is 11.8 Å².